The fraction of sp³-hybridized carbons (Fsp3) is 0.417. The van der Waals surface area contributed by atoms with Gasteiger partial charge in [0.15, 0.2) is 0 Å². The standard InChI is InChI=1S/C24H31N3O2/c1-19(17-24(2,3)22-7-5-4-6-8-22)25-26-23(28)21-11-9-20(10-12-21)18-27-13-15-29-16-14-27/h4-12H,13-18H2,1-3H3,(H,26,28)/b25-19-. The highest BCUT2D eigenvalue weighted by molar-refractivity contribution is 5.95. The highest BCUT2D eigenvalue weighted by atomic mass is 16.5. The molecule has 1 fully saturated rings. The first-order valence-corrected chi connectivity index (χ1v) is 10.2. The quantitative estimate of drug-likeness (QED) is 0.572. The molecule has 0 spiro atoms. The van der Waals surface area contributed by atoms with Crippen molar-refractivity contribution < 1.29 is 9.53 Å². The van der Waals surface area contributed by atoms with Crippen LogP contribution < -0.4 is 5.43 Å². The molecule has 29 heavy (non-hydrogen) atoms. The lowest BCUT2D eigenvalue weighted by Gasteiger charge is -2.26. The number of ether oxygens (including phenoxy) is 1. The van der Waals surface area contributed by atoms with Crippen molar-refractivity contribution in [3.63, 3.8) is 0 Å². The summed E-state index contributed by atoms with van der Waals surface area (Å²) in [5.74, 6) is -0.181. The van der Waals surface area contributed by atoms with Gasteiger partial charge in [-0.15, -0.1) is 0 Å². The zero-order valence-electron chi connectivity index (χ0n) is 17.6. The predicted octanol–water partition coefficient (Wildman–Crippen LogP) is 3.99. The van der Waals surface area contributed by atoms with Gasteiger partial charge in [-0.1, -0.05) is 56.3 Å². The second-order valence-electron chi connectivity index (χ2n) is 8.30. The van der Waals surface area contributed by atoms with Crippen LogP contribution in [0, 0.1) is 0 Å². The number of morpholine rings is 1. The van der Waals surface area contributed by atoms with Gasteiger partial charge in [-0.3, -0.25) is 9.69 Å². The second-order valence-corrected chi connectivity index (χ2v) is 8.30. The van der Waals surface area contributed by atoms with Crippen molar-refractivity contribution in [3.05, 3.63) is 71.3 Å². The number of nitrogens with one attached hydrogen (secondary N) is 1. The average molecular weight is 394 g/mol. The third-order valence-corrected chi connectivity index (χ3v) is 5.33. The lowest BCUT2D eigenvalue weighted by Crippen LogP contribution is -2.35. The van der Waals surface area contributed by atoms with E-state index in [1.54, 1.807) is 0 Å². The van der Waals surface area contributed by atoms with Crippen LogP contribution in [0.25, 0.3) is 0 Å². The molecule has 1 aliphatic rings. The first-order chi connectivity index (χ1) is 13.9. The molecule has 0 bridgehead atoms. The molecule has 0 aliphatic carbocycles. The Bertz CT molecular complexity index is 823. The third kappa shape index (κ3) is 6.24. The van der Waals surface area contributed by atoms with Gasteiger partial charge >= 0.3 is 0 Å². The van der Waals surface area contributed by atoms with Crippen LogP contribution in [0.5, 0.6) is 0 Å². The Hall–Kier alpha value is -2.50. The minimum absolute atomic E-state index is 0.0410. The molecular weight excluding hydrogens is 362 g/mol. The Labute approximate surface area is 173 Å². The van der Waals surface area contributed by atoms with Crippen LogP contribution in [0.3, 0.4) is 0 Å². The minimum Gasteiger partial charge on any atom is -0.379 e. The Morgan fingerprint density at radius 2 is 1.72 bits per heavy atom. The molecule has 1 heterocycles. The molecule has 154 valence electrons. The Balaban J connectivity index is 1.54. The van der Waals surface area contributed by atoms with Crippen LogP contribution >= 0.6 is 0 Å². The highest BCUT2D eigenvalue weighted by Gasteiger charge is 2.21. The van der Waals surface area contributed by atoms with Crippen LogP contribution in [0.1, 0.15) is 48.7 Å². The number of carbonyl (C=O) groups is 1. The monoisotopic (exact) mass is 393 g/mol. The molecular formula is C24H31N3O2. The van der Waals surface area contributed by atoms with E-state index in [1.807, 2.05) is 49.4 Å². The van der Waals surface area contributed by atoms with Crippen LogP contribution in [0.15, 0.2) is 59.7 Å². The largest absolute Gasteiger partial charge is 0.379 e. The molecule has 2 aromatic carbocycles. The summed E-state index contributed by atoms with van der Waals surface area (Å²) in [6.45, 7) is 10.7. The maximum atomic E-state index is 12.4. The maximum Gasteiger partial charge on any atom is 0.271 e. The Morgan fingerprint density at radius 3 is 2.38 bits per heavy atom. The Kier molecular flexibility index (Phi) is 7.18. The molecule has 1 N–H and O–H groups in total. The molecule has 0 saturated carbocycles. The predicted molar refractivity (Wildman–Crippen MR) is 117 cm³/mol. The molecule has 0 atom stereocenters. The van der Waals surface area contributed by atoms with E-state index in [2.05, 4.69) is 41.4 Å². The lowest BCUT2D eigenvalue weighted by molar-refractivity contribution is 0.0342. The summed E-state index contributed by atoms with van der Waals surface area (Å²) in [5, 5.41) is 4.32. The van der Waals surface area contributed by atoms with Crippen molar-refractivity contribution in [1.82, 2.24) is 10.3 Å². The fourth-order valence-electron chi connectivity index (χ4n) is 3.66. The van der Waals surface area contributed by atoms with Crippen molar-refractivity contribution in [2.75, 3.05) is 26.3 Å². The van der Waals surface area contributed by atoms with Gasteiger partial charge < -0.3 is 4.74 Å². The number of benzene rings is 2. The topological polar surface area (TPSA) is 53.9 Å². The molecule has 3 rings (SSSR count). The number of hydrazone groups is 1. The van der Waals surface area contributed by atoms with E-state index in [1.165, 1.54) is 11.1 Å². The minimum atomic E-state index is -0.181. The van der Waals surface area contributed by atoms with Crippen molar-refractivity contribution in [1.29, 1.82) is 0 Å². The smallest absolute Gasteiger partial charge is 0.271 e. The summed E-state index contributed by atoms with van der Waals surface area (Å²) in [6.07, 6.45) is 0.774. The molecule has 2 aromatic rings. The van der Waals surface area contributed by atoms with E-state index in [0.29, 0.717) is 5.56 Å². The summed E-state index contributed by atoms with van der Waals surface area (Å²) < 4.78 is 5.38. The number of nitrogens with zero attached hydrogens (tertiary/aromatic N) is 2. The molecule has 0 unspecified atom stereocenters. The van der Waals surface area contributed by atoms with Crippen LogP contribution in [0.2, 0.25) is 0 Å². The van der Waals surface area contributed by atoms with Crippen molar-refractivity contribution >= 4 is 11.6 Å². The van der Waals surface area contributed by atoms with Gasteiger partial charge in [0.05, 0.1) is 13.2 Å². The first kappa shape index (κ1) is 21.2. The van der Waals surface area contributed by atoms with Gasteiger partial charge in [0.25, 0.3) is 5.91 Å². The van der Waals surface area contributed by atoms with Crippen molar-refractivity contribution in [2.45, 2.75) is 39.2 Å². The van der Waals surface area contributed by atoms with Gasteiger partial charge in [-0.25, -0.2) is 5.43 Å². The van der Waals surface area contributed by atoms with Gasteiger partial charge in [0.1, 0.15) is 0 Å². The SMILES string of the molecule is C/C(CC(C)(C)c1ccccc1)=N/NC(=O)c1ccc(CN2CCOCC2)cc1. The summed E-state index contributed by atoms with van der Waals surface area (Å²) in [5.41, 5.74) is 6.64. The summed E-state index contributed by atoms with van der Waals surface area (Å²) in [6, 6.07) is 18.1. The van der Waals surface area contributed by atoms with Crippen LogP contribution in [0.4, 0.5) is 0 Å². The van der Waals surface area contributed by atoms with E-state index in [4.69, 9.17) is 4.74 Å². The van der Waals surface area contributed by atoms with Gasteiger partial charge in [0, 0.05) is 30.9 Å². The summed E-state index contributed by atoms with van der Waals surface area (Å²) >= 11 is 0. The van der Waals surface area contributed by atoms with E-state index in [9.17, 15) is 4.79 Å². The fourth-order valence-corrected chi connectivity index (χ4v) is 3.66. The molecule has 1 aliphatic heterocycles. The Morgan fingerprint density at radius 1 is 1.07 bits per heavy atom. The van der Waals surface area contributed by atoms with Gasteiger partial charge in [0.2, 0.25) is 0 Å². The summed E-state index contributed by atoms with van der Waals surface area (Å²) in [7, 11) is 0. The molecule has 0 radical (unpaired) electrons. The van der Waals surface area contributed by atoms with E-state index in [-0.39, 0.29) is 11.3 Å². The lowest BCUT2D eigenvalue weighted by atomic mass is 9.80. The van der Waals surface area contributed by atoms with Gasteiger partial charge in [-0.05, 0) is 42.0 Å². The van der Waals surface area contributed by atoms with E-state index >= 15 is 0 Å². The zero-order valence-corrected chi connectivity index (χ0v) is 17.6. The third-order valence-electron chi connectivity index (χ3n) is 5.33. The normalized spacial score (nSPS) is 15.9. The van der Waals surface area contributed by atoms with Crippen molar-refractivity contribution in [2.24, 2.45) is 5.10 Å². The molecule has 5 heteroatoms. The molecule has 1 saturated heterocycles. The number of rotatable bonds is 7. The number of amides is 1. The van der Waals surface area contributed by atoms with E-state index in [0.717, 1.165) is 45.0 Å². The summed E-state index contributed by atoms with van der Waals surface area (Å²) in [4.78, 5) is 14.8. The first-order valence-electron chi connectivity index (χ1n) is 10.2. The number of hydrogen-bond donors (Lipinski definition) is 1. The van der Waals surface area contributed by atoms with Crippen LogP contribution in [-0.2, 0) is 16.7 Å². The molecule has 1 amide bonds. The van der Waals surface area contributed by atoms with Gasteiger partial charge in [-0.2, -0.15) is 5.10 Å². The molecule has 0 aromatic heterocycles. The molecule has 5 nitrogen and oxygen atoms in total. The van der Waals surface area contributed by atoms with Crippen molar-refractivity contribution in [3.8, 4) is 0 Å². The highest BCUT2D eigenvalue weighted by Crippen LogP contribution is 2.27. The number of hydrogen-bond acceptors (Lipinski definition) is 4. The van der Waals surface area contributed by atoms with E-state index < -0.39 is 0 Å². The average Bonchev–Trinajstić information content (AvgIpc) is 2.74. The zero-order chi connectivity index (χ0) is 20.7. The number of carbonyl (C=O) groups excluding carboxylic acids is 1. The maximum absolute atomic E-state index is 12.4. The van der Waals surface area contributed by atoms with Crippen LogP contribution in [-0.4, -0.2) is 42.8 Å². The second kappa shape index (κ2) is 9.81.